The van der Waals surface area contributed by atoms with Crippen molar-refractivity contribution in [2.24, 2.45) is 11.8 Å². The van der Waals surface area contributed by atoms with Gasteiger partial charge in [-0.25, -0.2) is 0 Å². The average molecular weight is 457 g/mol. The summed E-state index contributed by atoms with van der Waals surface area (Å²) in [5.74, 6) is 1.16. The van der Waals surface area contributed by atoms with Crippen LogP contribution in [0.1, 0.15) is 51.5 Å². The molecule has 1 aromatic carbocycles. The Kier molecular flexibility index (Phi) is 10.7. The zero-order valence-electron chi connectivity index (χ0n) is 20.1. The van der Waals surface area contributed by atoms with E-state index < -0.39 is 0 Å². The number of benzene rings is 1. The molecule has 2 aromatic rings. The standard InChI is InChI=1S/C13H16N2O2.C13H20O3/c1-9(16)14-6-5-10-8-15-13-4-3-11(17-2)7-12(10)13;1-3-4-5-6-11-10(7-8-12(11)14)9-13(15)16-2/h3-4,7-8,15H,5-6H2,1-2H3,(H,14,16);4-5,10-11H,3,6-9H2,1-2H3/b;5-4-/t;10-,11-/m.0/s1. The summed E-state index contributed by atoms with van der Waals surface area (Å²) in [5, 5.41) is 3.94. The molecule has 1 amide bonds. The number of ketones is 1. The Morgan fingerprint density at radius 2 is 2.03 bits per heavy atom. The summed E-state index contributed by atoms with van der Waals surface area (Å²) in [4.78, 5) is 36.9. The van der Waals surface area contributed by atoms with Gasteiger partial charge >= 0.3 is 5.97 Å². The van der Waals surface area contributed by atoms with Gasteiger partial charge in [-0.1, -0.05) is 19.1 Å². The number of aromatic nitrogens is 1. The van der Waals surface area contributed by atoms with E-state index in [0.717, 1.165) is 42.3 Å². The van der Waals surface area contributed by atoms with Crippen LogP contribution in [0.15, 0.2) is 36.5 Å². The molecule has 1 aliphatic carbocycles. The van der Waals surface area contributed by atoms with E-state index in [1.165, 1.54) is 19.6 Å². The largest absolute Gasteiger partial charge is 0.497 e. The zero-order chi connectivity index (χ0) is 24.2. The molecule has 2 atom stereocenters. The smallest absolute Gasteiger partial charge is 0.305 e. The van der Waals surface area contributed by atoms with E-state index in [2.05, 4.69) is 34.1 Å². The van der Waals surface area contributed by atoms with Gasteiger partial charge in [0.05, 0.1) is 14.2 Å². The lowest BCUT2D eigenvalue weighted by molar-refractivity contribution is -0.142. The summed E-state index contributed by atoms with van der Waals surface area (Å²) in [5.41, 5.74) is 2.27. The molecule has 7 heteroatoms. The van der Waals surface area contributed by atoms with Gasteiger partial charge in [-0.3, -0.25) is 14.4 Å². The number of allylic oxidation sites excluding steroid dienone is 2. The van der Waals surface area contributed by atoms with Crippen molar-refractivity contribution < 1.29 is 23.9 Å². The first-order chi connectivity index (χ1) is 15.9. The number of carbonyl (C=O) groups is 3. The predicted molar refractivity (Wildman–Crippen MR) is 129 cm³/mol. The number of Topliss-reactive ketones (excluding diaryl/α,β-unsaturated/α-hetero) is 1. The Morgan fingerprint density at radius 1 is 1.24 bits per heavy atom. The van der Waals surface area contributed by atoms with Gasteiger partial charge in [0.2, 0.25) is 5.91 Å². The molecule has 3 rings (SSSR count). The van der Waals surface area contributed by atoms with Crippen molar-refractivity contribution in [3.8, 4) is 5.75 Å². The molecule has 0 spiro atoms. The predicted octanol–water partition coefficient (Wildman–Crippen LogP) is 4.36. The summed E-state index contributed by atoms with van der Waals surface area (Å²) >= 11 is 0. The molecule has 1 fully saturated rings. The van der Waals surface area contributed by atoms with Crippen molar-refractivity contribution in [2.45, 2.75) is 52.4 Å². The summed E-state index contributed by atoms with van der Waals surface area (Å²) in [6, 6.07) is 5.93. The molecule has 0 bridgehead atoms. The van der Waals surface area contributed by atoms with Gasteiger partial charge in [-0.05, 0) is 55.4 Å². The Bertz CT molecular complexity index is 963. The molecule has 2 N–H and O–H groups in total. The highest BCUT2D eigenvalue weighted by molar-refractivity contribution is 5.85. The summed E-state index contributed by atoms with van der Waals surface area (Å²) < 4.78 is 9.86. The number of amides is 1. The highest BCUT2D eigenvalue weighted by Crippen LogP contribution is 2.34. The maximum atomic E-state index is 11.7. The molecular formula is C26H36N2O5. The highest BCUT2D eigenvalue weighted by atomic mass is 16.5. The first-order valence-corrected chi connectivity index (χ1v) is 11.5. The van der Waals surface area contributed by atoms with Crippen LogP contribution in [-0.4, -0.2) is 43.4 Å². The summed E-state index contributed by atoms with van der Waals surface area (Å²) in [7, 11) is 3.05. The molecule has 180 valence electrons. The van der Waals surface area contributed by atoms with Gasteiger partial charge in [0.25, 0.3) is 0 Å². The van der Waals surface area contributed by atoms with Gasteiger partial charge in [0.15, 0.2) is 0 Å². The molecule has 1 aliphatic rings. The molecular weight excluding hydrogens is 420 g/mol. The number of ether oxygens (including phenoxy) is 2. The van der Waals surface area contributed by atoms with Gasteiger partial charge in [0.1, 0.15) is 11.5 Å². The molecule has 0 aliphatic heterocycles. The molecule has 1 aromatic heterocycles. The lowest BCUT2D eigenvalue weighted by Crippen LogP contribution is -2.22. The van der Waals surface area contributed by atoms with Crippen LogP contribution in [-0.2, 0) is 25.5 Å². The van der Waals surface area contributed by atoms with E-state index in [9.17, 15) is 14.4 Å². The second kappa shape index (κ2) is 13.5. The zero-order valence-corrected chi connectivity index (χ0v) is 20.1. The summed E-state index contributed by atoms with van der Waals surface area (Å²) in [6.45, 7) is 4.25. The number of nitrogens with one attached hydrogen (secondary N) is 2. The minimum Gasteiger partial charge on any atom is -0.497 e. The van der Waals surface area contributed by atoms with Crippen LogP contribution in [0.5, 0.6) is 5.75 Å². The molecule has 7 nitrogen and oxygen atoms in total. The minimum atomic E-state index is -0.204. The maximum absolute atomic E-state index is 11.7. The van der Waals surface area contributed by atoms with Crippen molar-refractivity contribution in [3.63, 3.8) is 0 Å². The molecule has 0 saturated heterocycles. The molecule has 33 heavy (non-hydrogen) atoms. The van der Waals surface area contributed by atoms with Crippen molar-refractivity contribution in [2.75, 3.05) is 20.8 Å². The molecule has 1 saturated carbocycles. The van der Waals surface area contributed by atoms with Crippen LogP contribution < -0.4 is 10.1 Å². The van der Waals surface area contributed by atoms with E-state index in [1.54, 1.807) is 7.11 Å². The number of fused-ring (bicyclic) bond motifs is 1. The second-order valence-electron chi connectivity index (χ2n) is 8.23. The van der Waals surface area contributed by atoms with E-state index in [-0.39, 0.29) is 23.7 Å². The van der Waals surface area contributed by atoms with Crippen molar-refractivity contribution in [1.82, 2.24) is 10.3 Å². The normalized spacial score (nSPS) is 17.6. The number of hydrogen-bond donors (Lipinski definition) is 2. The van der Waals surface area contributed by atoms with Gasteiger partial charge in [-0.15, -0.1) is 0 Å². The van der Waals surface area contributed by atoms with Gasteiger partial charge < -0.3 is 19.8 Å². The van der Waals surface area contributed by atoms with E-state index >= 15 is 0 Å². The Balaban J connectivity index is 0.000000234. The number of aromatic amines is 1. The van der Waals surface area contributed by atoms with Crippen LogP contribution in [0.4, 0.5) is 0 Å². The fraction of sp³-hybridized carbons (Fsp3) is 0.500. The third-order valence-corrected chi connectivity index (χ3v) is 5.94. The monoisotopic (exact) mass is 456 g/mol. The number of H-pyrrole nitrogens is 1. The number of carbonyl (C=O) groups excluding carboxylic acids is 3. The molecule has 0 unspecified atom stereocenters. The Labute approximate surface area is 195 Å². The van der Waals surface area contributed by atoms with Crippen molar-refractivity contribution in [3.05, 3.63) is 42.1 Å². The average Bonchev–Trinajstić information content (AvgIpc) is 3.37. The minimum absolute atomic E-state index is 0.00224. The Morgan fingerprint density at radius 3 is 2.70 bits per heavy atom. The lowest BCUT2D eigenvalue weighted by atomic mass is 9.89. The summed E-state index contributed by atoms with van der Waals surface area (Å²) in [6.07, 6.45) is 10.5. The third-order valence-electron chi connectivity index (χ3n) is 5.94. The lowest BCUT2D eigenvalue weighted by Gasteiger charge is -2.15. The second-order valence-corrected chi connectivity index (χ2v) is 8.23. The number of rotatable bonds is 9. The van der Waals surface area contributed by atoms with E-state index in [0.29, 0.717) is 25.2 Å². The van der Waals surface area contributed by atoms with Crippen molar-refractivity contribution >= 4 is 28.6 Å². The fourth-order valence-corrected chi connectivity index (χ4v) is 4.12. The van der Waals surface area contributed by atoms with Crippen molar-refractivity contribution in [1.29, 1.82) is 0 Å². The van der Waals surface area contributed by atoms with Crippen LogP contribution in [0.2, 0.25) is 0 Å². The Hall–Kier alpha value is -3.09. The van der Waals surface area contributed by atoms with E-state index in [1.807, 2.05) is 24.4 Å². The molecule has 1 heterocycles. The van der Waals surface area contributed by atoms with Gasteiger partial charge in [0, 0.05) is 49.3 Å². The number of methoxy groups -OCH3 is 2. The van der Waals surface area contributed by atoms with E-state index in [4.69, 9.17) is 4.74 Å². The number of esters is 1. The molecule has 0 radical (unpaired) electrons. The SMILES string of the molecule is CC/C=C\C[C@@H]1C(=O)CC[C@H]1CC(=O)OC.COc1ccc2[nH]cc(CCNC(C)=O)c2c1. The number of hydrogen-bond acceptors (Lipinski definition) is 5. The fourth-order valence-electron chi connectivity index (χ4n) is 4.12. The topological polar surface area (TPSA) is 97.5 Å². The van der Waals surface area contributed by atoms with Crippen LogP contribution in [0.3, 0.4) is 0 Å². The first-order valence-electron chi connectivity index (χ1n) is 11.5. The highest BCUT2D eigenvalue weighted by Gasteiger charge is 2.34. The quantitative estimate of drug-likeness (QED) is 0.432. The maximum Gasteiger partial charge on any atom is 0.305 e. The van der Waals surface area contributed by atoms with Crippen LogP contribution in [0.25, 0.3) is 10.9 Å². The van der Waals surface area contributed by atoms with Crippen LogP contribution >= 0.6 is 0 Å². The van der Waals surface area contributed by atoms with Crippen LogP contribution in [0, 0.1) is 11.8 Å². The third kappa shape index (κ3) is 8.08. The first kappa shape index (κ1) is 26.2. The van der Waals surface area contributed by atoms with Gasteiger partial charge in [-0.2, -0.15) is 0 Å².